The van der Waals surface area contributed by atoms with Crippen molar-refractivity contribution in [1.29, 1.82) is 0 Å². The van der Waals surface area contributed by atoms with Crippen molar-refractivity contribution in [3.63, 3.8) is 0 Å². The Kier molecular flexibility index (Phi) is 7.37. The first kappa shape index (κ1) is 23.6. The zero-order chi connectivity index (χ0) is 23.3. The third kappa shape index (κ3) is 5.77. The molecule has 2 aromatic heterocycles. The summed E-state index contributed by atoms with van der Waals surface area (Å²) >= 11 is 0. The van der Waals surface area contributed by atoms with Crippen molar-refractivity contribution >= 4 is 28.8 Å². The highest BCUT2D eigenvalue weighted by atomic mass is 16.6. The molecule has 0 spiro atoms. The number of fused-ring (bicyclic) bond motifs is 1. The highest BCUT2D eigenvalue weighted by molar-refractivity contribution is 6.04. The Morgan fingerprint density at radius 3 is 2.56 bits per heavy atom. The largest absolute Gasteiger partial charge is 0.481 e. The van der Waals surface area contributed by atoms with E-state index in [0.717, 1.165) is 18.2 Å². The molecule has 0 unspecified atom stereocenters. The first-order valence-corrected chi connectivity index (χ1v) is 10.9. The lowest BCUT2D eigenvalue weighted by molar-refractivity contribution is 0.0187. The molecule has 1 aliphatic rings. The van der Waals surface area contributed by atoms with Gasteiger partial charge in [0, 0.05) is 37.3 Å². The molecule has 0 atom stereocenters. The lowest BCUT2D eigenvalue weighted by Crippen LogP contribution is -2.42. The number of carbonyl (C=O) groups excluding carboxylic acids is 2. The van der Waals surface area contributed by atoms with E-state index in [1.807, 2.05) is 26.8 Å². The first-order chi connectivity index (χ1) is 15.2. The average molecular weight is 445 g/mol. The number of likely N-dealkylation sites (tertiary alicyclic amines) is 1. The van der Waals surface area contributed by atoms with Crippen molar-refractivity contribution < 1.29 is 23.8 Å². The summed E-state index contributed by atoms with van der Waals surface area (Å²) in [6, 6.07) is 3.58. The van der Waals surface area contributed by atoms with Gasteiger partial charge in [0.05, 0.1) is 19.4 Å². The summed E-state index contributed by atoms with van der Waals surface area (Å²) in [5.41, 5.74) is 1.01. The number of carbonyl (C=O) groups is 2. The number of hydrogen-bond acceptors (Lipinski definition) is 8. The number of esters is 1. The van der Waals surface area contributed by atoms with E-state index >= 15 is 0 Å². The molecular weight excluding hydrogens is 412 g/mol. The van der Waals surface area contributed by atoms with E-state index in [0.29, 0.717) is 48.3 Å². The van der Waals surface area contributed by atoms with Gasteiger partial charge in [0.1, 0.15) is 11.2 Å². The lowest BCUT2D eigenvalue weighted by atomic mass is 9.96. The molecular formula is C23H32N4O5. The molecule has 9 heteroatoms. The number of piperidine rings is 1. The van der Waals surface area contributed by atoms with Gasteiger partial charge in [-0.25, -0.2) is 14.6 Å². The summed E-state index contributed by atoms with van der Waals surface area (Å²) in [6.45, 7) is 9.58. The van der Waals surface area contributed by atoms with Crippen LogP contribution in [0, 0.1) is 5.92 Å². The number of hydrogen-bond donors (Lipinski definition) is 1. The second-order valence-electron chi connectivity index (χ2n) is 8.78. The number of aromatic nitrogens is 2. The van der Waals surface area contributed by atoms with E-state index in [1.54, 1.807) is 25.0 Å². The minimum Gasteiger partial charge on any atom is -0.481 e. The molecule has 3 heterocycles. The van der Waals surface area contributed by atoms with E-state index in [4.69, 9.17) is 14.2 Å². The van der Waals surface area contributed by atoms with Crippen LogP contribution in [0.5, 0.6) is 5.88 Å². The van der Waals surface area contributed by atoms with Gasteiger partial charge in [0.15, 0.2) is 5.65 Å². The number of pyridine rings is 2. The van der Waals surface area contributed by atoms with Crippen LogP contribution in [0.15, 0.2) is 18.3 Å². The predicted octanol–water partition coefficient (Wildman–Crippen LogP) is 3.87. The number of methoxy groups -OCH3 is 1. The Balaban J connectivity index is 1.72. The summed E-state index contributed by atoms with van der Waals surface area (Å²) in [4.78, 5) is 35.2. The topological polar surface area (TPSA) is 103 Å². The van der Waals surface area contributed by atoms with Crippen LogP contribution >= 0.6 is 0 Å². The lowest BCUT2D eigenvalue weighted by Gasteiger charge is -2.33. The molecule has 1 aliphatic heterocycles. The van der Waals surface area contributed by atoms with E-state index in [9.17, 15) is 9.59 Å². The Labute approximate surface area is 188 Å². The molecule has 0 aliphatic carbocycles. The third-order valence-corrected chi connectivity index (χ3v) is 5.24. The average Bonchev–Trinajstić information content (AvgIpc) is 2.76. The maximum atomic E-state index is 12.5. The van der Waals surface area contributed by atoms with Gasteiger partial charge in [0.25, 0.3) is 0 Å². The standard InChI is InChI=1S/C23H32N4O5/c1-6-31-21(28)17-14-25-20-16(7-8-18(26-20)30-5)19(17)24-13-15-9-11-27(12-10-15)22(29)32-23(2,3)4/h7-8,14-15H,6,9-13H2,1-5H3,(H,24,25,26). The SMILES string of the molecule is CCOC(=O)c1cnc2nc(OC)ccc2c1NCC1CCN(C(=O)OC(C)(C)C)CC1. The second kappa shape index (κ2) is 10.0. The van der Waals surface area contributed by atoms with E-state index in [1.165, 1.54) is 6.20 Å². The highest BCUT2D eigenvalue weighted by Gasteiger charge is 2.27. The zero-order valence-corrected chi connectivity index (χ0v) is 19.4. The van der Waals surface area contributed by atoms with Crippen molar-refractivity contribution in [3.8, 4) is 5.88 Å². The maximum absolute atomic E-state index is 12.5. The Morgan fingerprint density at radius 2 is 1.94 bits per heavy atom. The van der Waals surface area contributed by atoms with Crippen LogP contribution in [-0.2, 0) is 9.47 Å². The van der Waals surface area contributed by atoms with Crippen LogP contribution in [0.2, 0.25) is 0 Å². The van der Waals surface area contributed by atoms with Gasteiger partial charge < -0.3 is 24.4 Å². The van der Waals surface area contributed by atoms with Crippen LogP contribution in [0.4, 0.5) is 10.5 Å². The first-order valence-electron chi connectivity index (χ1n) is 10.9. The van der Waals surface area contributed by atoms with Crippen LogP contribution in [0.3, 0.4) is 0 Å². The Hall–Kier alpha value is -3.10. The number of rotatable bonds is 6. The molecule has 1 fully saturated rings. The van der Waals surface area contributed by atoms with Crippen molar-refractivity contribution in [2.75, 3.05) is 38.7 Å². The Bertz CT molecular complexity index is 965. The minimum absolute atomic E-state index is 0.270. The summed E-state index contributed by atoms with van der Waals surface area (Å²) < 4.78 is 15.9. The molecule has 9 nitrogen and oxygen atoms in total. The monoisotopic (exact) mass is 444 g/mol. The number of nitrogens with one attached hydrogen (secondary N) is 1. The van der Waals surface area contributed by atoms with Gasteiger partial charge in [-0.15, -0.1) is 0 Å². The van der Waals surface area contributed by atoms with E-state index in [-0.39, 0.29) is 12.7 Å². The minimum atomic E-state index is -0.502. The third-order valence-electron chi connectivity index (χ3n) is 5.24. The molecule has 1 saturated heterocycles. The summed E-state index contributed by atoms with van der Waals surface area (Å²) in [5.74, 6) is 0.368. The van der Waals surface area contributed by atoms with E-state index in [2.05, 4.69) is 15.3 Å². The number of anilines is 1. The second-order valence-corrected chi connectivity index (χ2v) is 8.78. The van der Waals surface area contributed by atoms with Gasteiger partial charge >= 0.3 is 12.1 Å². The molecule has 0 saturated carbocycles. The maximum Gasteiger partial charge on any atom is 0.410 e. The molecule has 32 heavy (non-hydrogen) atoms. The zero-order valence-electron chi connectivity index (χ0n) is 19.4. The molecule has 0 radical (unpaired) electrons. The van der Waals surface area contributed by atoms with Crippen LogP contribution < -0.4 is 10.1 Å². The fourth-order valence-electron chi connectivity index (χ4n) is 3.62. The quantitative estimate of drug-likeness (QED) is 0.670. The molecule has 3 rings (SSSR count). The number of ether oxygens (including phenoxy) is 3. The molecule has 2 aromatic rings. The smallest absolute Gasteiger partial charge is 0.410 e. The predicted molar refractivity (Wildman–Crippen MR) is 121 cm³/mol. The van der Waals surface area contributed by atoms with Gasteiger partial charge in [-0.1, -0.05) is 0 Å². The van der Waals surface area contributed by atoms with Gasteiger partial charge in [-0.3, -0.25) is 0 Å². The summed E-state index contributed by atoms with van der Waals surface area (Å²) in [6.07, 6.45) is 2.90. The molecule has 174 valence electrons. The normalized spacial score (nSPS) is 14.8. The van der Waals surface area contributed by atoms with Crippen LogP contribution in [0.1, 0.15) is 50.9 Å². The van der Waals surface area contributed by atoms with Crippen molar-refractivity contribution in [1.82, 2.24) is 14.9 Å². The fraction of sp³-hybridized carbons (Fsp3) is 0.565. The van der Waals surface area contributed by atoms with Crippen LogP contribution in [-0.4, -0.2) is 65.9 Å². The van der Waals surface area contributed by atoms with E-state index < -0.39 is 11.6 Å². The fourth-order valence-corrected chi connectivity index (χ4v) is 3.62. The number of amides is 1. The molecule has 0 aromatic carbocycles. The molecule has 1 amide bonds. The number of nitrogens with zero attached hydrogens (tertiary/aromatic N) is 3. The van der Waals surface area contributed by atoms with Gasteiger partial charge in [-0.05, 0) is 52.5 Å². The Morgan fingerprint density at radius 1 is 1.22 bits per heavy atom. The van der Waals surface area contributed by atoms with Gasteiger partial charge in [-0.2, -0.15) is 4.98 Å². The highest BCUT2D eigenvalue weighted by Crippen LogP contribution is 2.29. The molecule has 0 bridgehead atoms. The van der Waals surface area contributed by atoms with Gasteiger partial charge in [0.2, 0.25) is 5.88 Å². The summed E-state index contributed by atoms with van der Waals surface area (Å²) in [5, 5.41) is 4.15. The summed E-state index contributed by atoms with van der Waals surface area (Å²) in [7, 11) is 1.55. The van der Waals surface area contributed by atoms with Crippen molar-refractivity contribution in [2.45, 2.75) is 46.1 Å². The molecule has 1 N–H and O–H groups in total. The van der Waals surface area contributed by atoms with Crippen molar-refractivity contribution in [2.24, 2.45) is 5.92 Å². The van der Waals surface area contributed by atoms with Crippen molar-refractivity contribution in [3.05, 3.63) is 23.9 Å². The van der Waals surface area contributed by atoms with Crippen LogP contribution in [0.25, 0.3) is 11.0 Å².